The average Bonchev–Trinajstić information content (AvgIpc) is 2.39. The van der Waals surface area contributed by atoms with E-state index in [0.717, 1.165) is 26.0 Å². The highest BCUT2D eigenvalue weighted by atomic mass is 16.5. The summed E-state index contributed by atoms with van der Waals surface area (Å²) in [6, 6.07) is 0.508. The van der Waals surface area contributed by atoms with Crippen LogP contribution in [0, 0.1) is 23.7 Å². The van der Waals surface area contributed by atoms with Gasteiger partial charge in [0.25, 0.3) is 0 Å². The number of nitrogens with one attached hydrogen (secondary N) is 1. The smallest absolute Gasteiger partial charge is 0.108 e. The summed E-state index contributed by atoms with van der Waals surface area (Å²) in [5, 5.41) is 3.28. The molecular weight excluding hydrogens is 238 g/mol. The SMILES string of the molecule is CCCCC#CC#CCOCCOCCNC(C)C. The van der Waals surface area contributed by atoms with Crippen molar-refractivity contribution in [3.63, 3.8) is 0 Å². The molecule has 0 bridgehead atoms. The van der Waals surface area contributed by atoms with E-state index in [1.54, 1.807) is 0 Å². The van der Waals surface area contributed by atoms with Gasteiger partial charge in [-0.05, 0) is 18.3 Å². The van der Waals surface area contributed by atoms with E-state index < -0.39 is 0 Å². The van der Waals surface area contributed by atoms with Gasteiger partial charge < -0.3 is 14.8 Å². The van der Waals surface area contributed by atoms with E-state index in [9.17, 15) is 0 Å². The summed E-state index contributed by atoms with van der Waals surface area (Å²) in [5.74, 6) is 11.5. The van der Waals surface area contributed by atoms with Crippen LogP contribution in [-0.4, -0.2) is 39.0 Å². The van der Waals surface area contributed by atoms with Gasteiger partial charge in [0.1, 0.15) is 6.61 Å². The summed E-state index contributed by atoms with van der Waals surface area (Å²) in [5.41, 5.74) is 0. The molecule has 0 rings (SSSR count). The van der Waals surface area contributed by atoms with E-state index >= 15 is 0 Å². The van der Waals surface area contributed by atoms with Crippen molar-refractivity contribution >= 4 is 0 Å². The van der Waals surface area contributed by atoms with Gasteiger partial charge in [-0.2, -0.15) is 0 Å². The van der Waals surface area contributed by atoms with Gasteiger partial charge in [-0.1, -0.05) is 39.0 Å². The molecule has 0 aliphatic heterocycles. The normalized spacial score (nSPS) is 9.68. The Balaban J connectivity index is 3.22. The van der Waals surface area contributed by atoms with Crippen molar-refractivity contribution in [1.29, 1.82) is 0 Å². The number of ether oxygens (including phenoxy) is 2. The van der Waals surface area contributed by atoms with Crippen LogP contribution in [0.4, 0.5) is 0 Å². The Labute approximate surface area is 118 Å². The second-order valence-corrected chi connectivity index (χ2v) is 4.48. The standard InChI is InChI=1S/C16H27NO2/c1-4-5-6-7-8-9-10-12-18-14-15-19-13-11-17-16(2)3/h16-17H,4-6,11-15H2,1-3H3. The lowest BCUT2D eigenvalue weighted by atomic mass is 10.2. The van der Waals surface area contributed by atoms with Gasteiger partial charge in [-0.3, -0.25) is 0 Å². The fourth-order valence-electron chi connectivity index (χ4n) is 1.22. The molecule has 0 atom stereocenters. The molecule has 0 fully saturated rings. The fourth-order valence-corrected chi connectivity index (χ4v) is 1.22. The molecular formula is C16H27NO2. The average molecular weight is 265 g/mol. The minimum Gasteiger partial charge on any atom is -0.378 e. The van der Waals surface area contributed by atoms with Crippen LogP contribution in [0.15, 0.2) is 0 Å². The minimum atomic E-state index is 0.427. The van der Waals surface area contributed by atoms with Crippen molar-refractivity contribution in [3.05, 3.63) is 0 Å². The number of hydrogen-bond donors (Lipinski definition) is 1. The molecule has 0 aliphatic carbocycles. The van der Waals surface area contributed by atoms with Crippen LogP contribution >= 0.6 is 0 Å². The molecule has 0 aromatic rings. The van der Waals surface area contributed by atoms with Crippen molar-refractivity contribution in [2.24, 2.45) is 0 Å². The molecule has 0 amide bonds. The molecule has 3 nitrogen and oxygen atoms in total. The molecule has 1 N–H and O–H groups in total. The van der Waals surface area contributed by atoms with Gasteiger partial charge in [-0.15, -0.1) is 0 Å². The minimum absolute atomic E-state index is 0.427. The molecule has 3 heteroatoms. The van der Waals surface area contributed by atoms with Gasteiger partial charge in [0.2, 0.25) is 0 Å². The first kappa shape index (κ1) is 18.0. The van der Waals surface area contributed by atoms with E-state index in [1.807, 2.05) is 0 Å². The monoisotopic (exact) mass is 265 g/mol. The van der Waals surface area contributed by atoms with Crippen LogP contribution in [0.1, 0.15) is 40.0 Å². The second kappa shape index (κ2) is 15.1. The van der Waals surface area contributed by atoms with Crippen molar-refractivity contribution < 1.29 is 9.47 Å². The molecule has 0 aromatic heterocycles. The predicted molar refractivity (Wildman–Crippen MR) is 79.9 cm³/mol. The van der Waals surface area contributed by atoms with Gasteiger partial charge in [0.15, 0.2) is 0 Å². The van der Waals surface area contributed by atoms with Crippen LogP contribution in [0.5, 0.6) is 0 Å². The first-order valence-corrected chi connectivity index (χ1v) is 7.12. The Morgan fingerprint density at radius 2 is 1.74 bits per heavy atom. The Morgan fingerprint density at radius 1 is 1.00 bits per heavy atom. The van der Waals surface area contributed by atoms with E-state index in [2.05, 4.69) is 49.8 Å². The molecule has 0 spiro atoms. The Hall–Kier alpha value is -1.00. The quantitative estimate of drug-likeness (QED) is 0.485. The van der Waals surface area contributed by atoms with Crippen molar-refractivity contribution in [2.75, 3.05) is 33.0 Å². The van der Waals surface area contributed by atoms with E-state index in [-0.39, 0.29) is 0 Å². The van der Waals surface area contributed by atoms with Gasteiger partial charge in [0.05, 0.1) is 19.8 Å². The highest BCUT2D eigenvalue weighted by Gasteiger charge is 1.91. The van der Waals surface area contributed by atoms with Crippen molar-refractivity contribution in [3.8, 4) is 23.7 Å². The molecule has 0 aromatic carbocycles. The molecule has 19 heavy (non-hydrogen) atoms. The van der Waals surface area contributed by atoms with Crippen LogP contribution in [-0.2, 0) is 9.47 Å². The van der Waals surface area contributed by atoms with Crippen LogP contribution in [0.3, 0.4) is 0 Å². The third-order valence-electron chi connectivity index (χ3n) is 2.24. The lowest BCUT2D eigenvalue weighted by Gasteiger charge is -2.08. The first-order valence-electron chi connectivity index (χ1n) is 7.12. The van der Waals surface area contributed by atoms with Crippen LogP contribution in [0.25, 0.3) is 0 Å². The third-order valence-corrected chi connectivity index (χ3v) is 2.24. The molecule has 0 unspecified atom stereocenters. The first-order chi connectivity index (χ1) is 9.27. The summed E-state index contributed by atoms with van der Waals surface area (Å²) in [7, 11) is 0. The van der Waals surface area contributed by atoms with E-state index in [1.165, 1.54) is 6.42 Å². The van der Waals surface area contributed by atoms with Gasteiger partial charge in [-0.25, -0.2) is 0 Å². The zero-order valence-corrected chi connectivity index (χ0v) is 12.6. The highest BCUT2D eigenvalue weighted by Crippen LogP contribution is 1.89. The van der Waals surface area contributed by atoms with Crippen molar-refractivity contribution in [2.45, 2.75) is 46.1 Å². The van der Waals surface area contributed by atoms with E-state index in [4.69, 9.17) is 9.47 Å². The number of unbranched alkanes of at least 4 members (excludes halogenated alkanes) is 2. The molecule has 108 valence electrons. The predicted octanol–water partition coefficient (Wildman–Crippen LogP) is 2.21. The molecule has 0 saturated heterocycles. The lowest BCUT2D eigenvalue weighted by Crippen LogP contribution is -2.27. The molecule has 0 aliphatic rings. The number of rotatable bonds is 10. The van der Waals surface area contributed by atoms with Gasteiger partial charge >= 0.3 is 0 Å². The zero-order valence-electron chi connectivity index (χ0n) is 12.6. The summed E-state index contributed by atoms with van der Waals surface area (Å²) >= 11 is 0. The lowest BCUT2D eigenvalue weighted by molar-refractivity contribution is 0.0608. The zero-order chi connectivity index (χ0) is 14.2. The number of hydrogen-bond acceptors (Lipinski definition) is 3. The Kier molecular flexibility index (Phi) is 14.3. The summed E-state index contributed by atoms with van der Waals surface area (Å²) in [4.78, 5) is 0. The highest BCUT2D eigenvalue weighted by molar-refractivity contribution is 5.25. The summed E-state index contributed by atoms with van der Waals surface area (Å²) in [6.45, 7) is 9.61. The Bertz CT molecular complexity index is 304. The van der Waals surface area contributed by atoms with E-state index in [0.29, 0.717) is 25.9 Å². The Morgan fingerprint density at radius 3 is 2.47 bits per heavy atom. The molecule has 0 heterocycles. The molecule has 0 saturated carbocycles. The van der Waals surface area contributed by atoms with Crippen molar-refractivity contribution in [1.82, 2.24) is 5.32 Å². The maximum Gasteiger partial charge on any atom is 0.108 e. The largest absolute Gasteiger partial charge is 0.378 e. The third kappa shape index (κ3) is 17.0. The molecule has 0 radical (unpaired) electrons. The maximum absolute atomic E-state index is 5.39. The van der Waals surface area contributed by atoms with Gasteiger partial charge in [0, 0.05) is 19.0 Å². The van der Waals surface area contributed by atoms with Crippen LogP contribution < -0.4 is 5.32 Å². The summed E-state index contributed by atoms with van der Waals surface area (Å²) in [6.07, 6.45) is 3.26. The topological polar surface area (TPSA) is 30.5 Å². The fraction of sp³-hybridized carbons (Fsp3) is 0.750. The maximum atomic E-state index is 5.39. The summed E-state index contributed by atoms with van der Waals surface area (Å²) < 4.78 is 10.7. The second-order valence-electron chi connectivity index (χ2n) is 4.48. The van der Waals surface area contributed by atoms with Crippen LogP contribution in [0.2, 0.25) is 0 Å².